The van der Waals surface area contributed by atoms with Crippen molar-refractivity contribution in [3.8, 4) is 0 Å². The van der Waals surface area contributed by atoms with E-state index in [-0.39, 0.29) is 24.2 Å². The fourth-order valence-corrected chi connectivity index (χ4v) is 2.97. The van der Waals surface area contributed by atoms with Crippen LogP contribution < -0.4 is 5.32 Å². The summed E-state index contributed by atoms with van der Waals surface area (Å²) in [5, 5.41) is 12.7. The molecular weight excluding hydrogens is 290 g/mol. The standard InChI is InChI=1S/C15H22ClN3O2/c1-2-17-13-8-7-12(16)14(18-13)15(21)19(9-10-20)11-5-3-4-6-11/h7-8,11,20H,2-6,9-10H2,1H3,(H,17,18). The summed E-state index contributed by atoms with van der Waals surface area (Å²) in [4.78, 5) is 18.8. The highest BCUT2D eigenvalue weighted by molar-refractivity contribution is 6.33. The fourth-order valence-electron chi connectivity index (χ4n) is 2.78. The van der Waals surface area contributed by atoms with Crippen LogP contribution in [0.1, 0.15) is 43.1 Å². The molecule has 1 saturated carbocycles. The first kappa shape index (κ1) is 16.0. The van der Waals surface area contributed by atoms with E-state index in [1.54, 1.807) is 17.0 Å². The van der Waals surface area contributed by atoms with Gasteiger partial charge >= 0.3 is 0 Å². The Bertz CT molecular complexity index is 490. The highest BCUT2D eigenvalue weighted by Gasteiger charge is 2.29. The molecule has 116 valence electrons. The number of halogens is 1. The predicted octanol–water partition coefficient (Wildman–Crippen LogP) is 2.54. The normalized spacial score (nSPS) is 15.2. The monoisotopic (exact) mass is 311 g/mol. The molecule has 1 aliphatic carbocycles. The molecule has 1 aliphatic rings. The second kappa shape index (κ2) is 7.61. The average Bonchev–Trinajstić information content (AvgIpc) is 3.00. The van der Waals surface area contributed by atoms with Crippen LogP contribution in [0.2, 0.25) is 5.02 Å². The van der Waals surface area contributed by atoms with Crippen molar-refractivity contribution in [3.63, 3.8) is 0 Å². The molecule has 0 aromatic carbocycles. The lowest BCUT2D eigenvalue weighted by Gasteiger charge is -2.28. The van der Waals surface area contributed by atoms with Gasteiger partial charge < -0.3 is 15.3 Å². The van der Waals surface area contributed by atoms with Crippen LogP contribution in [0.15, 0.2) is 12.1 Å². The Labute approximate surface area is 130 Å². The quantitative estimate of drug-likeness (QED) is 0.847. The average molecular weight is 312 g/mol. The van der Waals surface area contributed by atoms with Crippen molar-refractivity contribution in [2.75, 3.05) is 25.0 Å². The molecule has 0 spiro atoms. The second-order valence-corrected chi connectivity index (χ2v) is 5.62. The number of hydrogen-bond acceptors (Lipinski definition) is 4. The molecule has 2 rings (SSSR count). The Morgan fingerprint density at radius 2 is 2.19 bits per heavy atom. The molecule has 0 aliphatic heterocycles. The van der Waals surface area contributed by atoms with Crippen molar-refractivity contribution in [1.82, 2.24) is 9.88 Å². The van der Waals surface area contributed by atoms with Crippen LogP contribution >= 0.6 is 11.6 Å². The maximum Gasteiger partial charge on any atom is 0.274 e. The van der Waals surface area contributed by atoms with Crippen LogP contribution in [-0.2, 0) is 0 Å². The highest BCUT2D eigenvalue weighted by atomic mass is 35.5. The molecular formula is C15H22ClN3O2. The molecule has 1 heterocycles. The van der Waals surface area contributed by atoms with Crippen molar-refractivity contribution in [3.05, 3.63) is 22.8 Å². The zero-order valence-electron chi connectivity index (χ0n) is 12.3. The van der Waals surface area contributed by atoms with E-state index in [1.165, 1.54) is 0 Å². The molecule has 0 radical (unpaired) electrons. The number of carbonyl (C=O) groups is 1. The zero-order valence-corrected chi connectivity index (χ0v) is 13.1. The number of nitrogens with zero attached hydrogens (tertiary/aromatic N) is 2. The first-order chi connectivity index (χ1) is 10.2. The van der Waals surface area contributed by atoms with Gasteiger partial charge in [0.1, 0.15) is 11.5 Å². The van der Waals surface area contributed by atoms with Crippen LogP contribution in [0.3, 0.4) is 0 Å². The molecule has 1 aromatic rings. The van der Waals surface area contributed by atoms with Gasteiger partial charge in [-0.05, 0) is 31.9 Å². The molecule has 1 amide bonds. The van der Waals surface area contributed by atoms with Gasteiger partial charge in [0.15, 0.2) is 0 Å². The molecule has 0 bridgehead atoms. The van der Waals surface area contributed by atoms with E-state index in [0.29, 0.717) is 17.4 Å². The van der Waals surface area contributed by atoms with Gasteiger partial charge in [0.2, 0.25) is 0 Å². The molecule has 0 atom stereocenters. The van der Waals surface area contributed by atoms with E-state index in [4.69, 9.17) is 11.6 Å². The molecule has 21 heavy (non-hydrogen) atoms. The summed E-state index contributed by atoms with van der Waals surface area (Å²) in [6, 6.07) is 3.63. The fraction of sp³-hybridized carbons (Fsp3) is 0.600. The molecule has 2 N–H and O–H groups in total. The number of carbonyl (C=O) groups excluding carboxylic acids is 1. The molecule has 1 aromatic heterocycles. The van der Waals surface area contributed by atoms with E-state index in [0.717, 1.165) is 32.2 Å². The highest BCUT2D eigenvalue weighted by Crippen LogP contribution is 2.26. The Balaban J connectivity index is 2.24. The van der Waals surface area contributed by atoms with Crippen molar-refractivity contribution < 1.29 is 9.90 Å². The smallest absolute Gasteiger partial charge is 0.274 e. The van der Waals surface area contributed by atoms with Crippen molar-refractivity contribution in [2.24, 2.45) is 0 Å². The molecule has 5 nitrogen and oxygen atoms in total. The minimum absolute atomic E-state index is 0.0488. The SMILES string of the molecule is CCNc1ccc(Cl)c(C(=O)N(CCO)C2CCCC2)n1. The summed E-state index contributed by atoms with van der Waals surface area (Å²) in [6.45, 7) is 2.97. The minimum atomic E-state index is -0.194. The maximum atomic E-state index is 12.7. The van der Waals surface area contributed by atoms with Gasteiger partial charge in [-0.2, -0.15) is 0 Å². The van der Waals surface area contributed by atoms with E-state index in [1.807, 2.05) is 6.92 Å². The Morgan fingerprint density at radius 3 is 2.81 bits per heavy atom. The maximum absolute atomic E-state index is 12.7. The van der Waals surface area contributed by atoms with Crippen molar-refractivity contribution in [2.45, 2.75) is 38.6 Å². The first-order valence-corrected chi connectivity index (χ1v) is 7.87. The Morgan fingerprint density at radius 1 is 1.48 bits per heavy atom. The number of pyridine rings is 1. The number of aliphatic hydroxyl groups is 1. The molecule has 0 saturated heterocycles. The lowest BCUT2D eigenvalue weighted by atomic mass is 10.2. The van der Waals surface area contributed by atoms with Gasteiger partial charge in [0.25, 0.3) is 5.91 Å². The third-order valence-corrected chi connectivity index (χ3v) is 4.08. The number of anilines is 1. The van der Waals surface area contributed by atoms with Gasteiger partial charge in [0.05, 0.1) is 11.6 Å². The Kier molecular flexibility index (Phi) is 5.82. The summed E-state index contributed by atoms with van der Waals surface area (Å²) in [7, 11) is 0. The van der Waals surface area contributed by atoms with Gasteiger partial charge in [-0.1, -0.05) is 24.4 Å². The van der Waals surface area contributed by atoms with Gasteiger partial charge in [-0.3, -0.25) is 4.79 Å². The summed E-state index contributed by atoms with van der Waals surface area (Å²) in [5.41, 5.74) is 0.260. The molecule has 6 heteroatoms. The topological polar surface area (TPSA) is 65.5 Å². The van der Waals surface area contributed by atoms with Crippen molar-refractivity contribution >= 4 is 23.3 Å². The minimum Gasteiger partial charge on any atom is -0.395 e. The van der Waals surface area contributed by atoms with Crippen molar-refractivity contribution in [1.29, 1.82) is 0 Å². The summed E-state index contributed by atoms with van der Waals surface area (Å²) in [6.07, 6.45) is 4.21. The largest absolute Gasteiger partial charge is 0.395 e. The number of rotatable bonds is 6. The number of aliphatic hydroxyl groups excluding tert-OH is 1. The predicted molar refractivity (Wildman–Crippen MR) is 83.8 cm³/mol. The van der Waals surface area contributed by atoms with Gasteiger partial charge in [0, 0.05) is 19.1 Å². The number of hydrogen-bond donors (Lipinski definition) is 2. The van der Waals surface area contributed by atoms with Crippen LogP contribution in [0.4, 0.5) is 5.82 Å². The molecule has 0 unspecified atom stereocenters. The summed E-state index contributed by atoms with van der Waals surface area (Å²) < 4.78 is 0. The van der Waals surface area contributed by atoms with Gasteiger partial charge in [-0.25, -0.2) is 4.98 Å². The van der Waals surface area contributed by atoms with E-state index < -0.39 is 0 Å². The number of amides is 1. The lowest BCUT2D eigenvalue weighted by Crippen LogP contribution is -2.41. The Hall–Kier alpha value is -1.33. The third-order valence-electron chi connectivity index (χ3n) is 3.77. The van der Waals surface area contributed by atoms with Crippen LogP contribution in [0.5, 0.6) is 0 Å². The zero-order chi connectivity index (χ0) is 15.2. The lowest BCUT2D eigenvalue weighted by molar-refractivity contribution is 0.0632. The van der Waals surface area contributed by atoms with Crippen LogP contribution in [-0.4, -0.2) is 46.6 Å². The molecule has 1 fully saturated rings. The number of aromatic nitrogens is 1. The number of nitrogens with one attached hydrogen (secondary N) is 1. The van der Waals surface area contributed by atoms with Gasteiger partial charge in [-0.15, -0.1) is 0 Å². The van der Waals surface area contributed by atoms with Crippen LogP contribution in [0, 0.1) is 0 Å². The summed E-state index contributed by atoms with van der Waals surface area (Å²) >= 11 is 6.14. The summed E-state index contributed by atoms with van der Waals surface area (Å²) in [5.74, 6) is 0.446. The second-order valence-electron chi connectivity index (χ2n) is 5.22. The van der Waals surface area contributed by atoms with Crippen LogP contribution in [0.25, 0.3) is 0 Å². The van der Waals surface area contributed by atoms with E-state index in [9.17, 15) is 9.90 Å². The van der Waals surface area contributed by atoms with E-state index >= 15 is 0 Å². The third kappa shape index (κ3) is 3.86. The van der Waals surface area contributed by atoms with E-state index in [2.05, 4.69) is 10.3 Å². The first-order valence-electron chi connectivity index (χ1n) is 7.49.